The van der Waals surface area contributed by atoms with Crippen LogP contribution in [0.2, 0.25) is 5.02 Å². The third-order valence-electron chi connectivity index (χ3n) is 3.51. The lowest BCUT2D eigenvalue weighted by atomic mass is 9.92. The summed E-state index contributed by atoms with van der Waals surface area (Å²) >= 11 is 6.03. The van der Waals surface area contributed by atoms with E-state index in [9.17, 15) is 0 Å². The summed E-state index contributed by atoms with van der Waals surface area (Å²) in [6.45, 7) is 1.16. The quantitative estimate of drug-likeness (QED) is 0.690. The van der Waals surface area contributed by atoms with Crippen LogP contribution in [0, 0.1) is 5.92 Å². The van der Waals surface area contributed by atoms with Crippen molar-refractivity contribution in [2.75, 3.05) is 6.54 Å². The summed E-state index contributed by atoms with van der Waals surface area (Å²) in [4.78, 5) is 0. The lowest BCUT2D eigenvalue weighted by Crippen LogP contribution is -2.31. The Morgan fingerprint density at radius 3 is 3.21 bits per heavy atom. The molecule has 2 heteroatoms. The molecule has 1 aliphatic carbocycles. The maximum atomic E-state index is 6.03. The van der Waals surface area contributed by atoms with Crippen LogP contribution in [0.1, 0.15) is 30.0 Å². The van der Waals surface area contributed by atoms with Crippen molar-refractivity contribution in [3.05, 3.63) is 34.3 Å². The highest BCUT2D eigenvalue weighted by Gasteiger charge is 2.33. The Bertz CT molecular complexity index is 361. The molecule has 2 atom stereocenters. The molecular weight excluding hydrogens is 194 g/mol. The fourth-order valence-electron chi connectivity index (χ4n) is 2.86. The first-order valence-electron chi connectivity index (χ1n) is 5.36. The standard InChI is InChI=1S/C12H14ClN/c13-10-4-3-8-6-9-2-1-5-14-12(9)11(8)7-10/h3-4,7,9,12,14H,1-2,5-6H2. The van der Waals surface area contributed by atoms with Crippen LogP contribution in [-0.4, -0.2) is 6.54 Å². The average molecular weight is 208 g/mol. The number of hydrogen-bond acceptors (Lipinski definition) is 1. The summed E-state index contributed by atoms with van der Waals surface area (Å²) in [7, 11) is 0. The number of fused-ring (bicyclic) bond motifs is 3. The van der Waals surface area contributed by atoms with E-state index in [-0.39, 0.29) is 0 Å². The zero-order chi connectivity index (χ0) is 9.54. The smallest absolute Gasteiger partial charge is 0.0409 e. The Morgan fingerprint density at radius 2 is 2.29 bits per heavy atom. The molecule has 3 rings (SSSR count). The van der Waals surface area contributed by atoms with Gasteiger partial charge in [0.05, 0.1) is 0 Å². The first-order chi connectivity index (χ1) is 6.84. The van der Waals surface area contributed by atoms with Gasteiger partial charge >= 0.3 is 0 Å². The van der Waals surface area contributed by atoms with Gasteiger partial charge in [-0.1, -0.05) is 17.7 Å². The number of rotatable bonds is 0. The lowest BCUT2D eigenvalue weighted by molar-refractivity contribution is 0.307. The van der Waals surface area contributed by atoms with Gasteiger partial charge in [0.25, 0.3) is 0 Å². The van der Waals surface area contributed by atoms with Gasteiger partial charge in [0.2, 0.25) is 0 Å². The third kappa shape index (κ3) is 1.27. The van der Waals surface area contributed by atoms with Gasteiger partial charge in [0, 0.05) is 11.1 Å². The summed E-state index contributed by atoms with van der Waals surface area (Å²) < 4.78 is 0. The van der Waals surface area contributed by atoms with E-state index in [1.54, 1.807) is 0 Å². The Balaban J connectivity index is 2.02. The highest BCUT2D eigenvalue weighted by molar-refractivity contribution is 6.30. The molecule has 74 valence electrons. The van der Waals surface area contributed by atoms with Crippen molar-refractivity contribution in [2.45, 2.75) is 25.3 Å². The molecular formula is C12H14ClN. The number of piperidine rings is 1. The van der Waals surface area contributed by atoms with Crippen molar-refractivity contribution in [1.29, 1.82) is 0 Å². The van der Waals surface area contributed by atoms with E-state index < -0.39 is 0 Å². The lowest BCUT2D eigenvalue weighted by Gasteiger charge is -2.27. The molecule has 0 aromatic heterocycles. The van der Waals surface area contributed by atoms with Crippen LogP contribution in [-0.2, 0) is 6.42 Å². The van der Waals surface area contributed by atoms with Crippen LogP contribution < -0.4 is 5.32 Å². The molecule has 0 bridgehead atoms. The Hall–Kier alpha value is -0.530. The van der Waals surface area contributed by atoms with Crippen molar-refractivity contribution < 1.29 is 0 Å². The van der Waals surface area contributed by atoms with Crippen LogP contribution in [0.5, 0.6) is 0 Å². The topological polar surface area (TPSA) is 12.0 Å². The molecule has 0 amide bonds. The maximum absolute atomic E-state index is 6.03. The van der Waals surface area contributed by atoms with E-state index in [1.165, 1.54) is 30.4 Å². The van der Waals surface area contributed by atoms with E-state index in [1.807, 2.05) is 6.07 Å². The van der Waals surface area contributed by atoms with Gasteiger partial charge in [-0.05, 0) is 55.0 Å². The van der Waals surface area contributed by atoms with Crippen molar-refractivity contribution in [3.63, 3.8) is 0 Å². The molecule has 0 spiro atoms. The molecule has 2 aliphatic rings. The first kappa shape index (κ1) is 8.75. The second-order valence-electron chi connectivity index (χ2n) is 4.38. The maximum Gasteiger partial charge on any atom is 0.0409 e. The Morgan fingerprint density at radius 1 is 1.36 bits per heavy atom. The summed E-state index contributed by atoms with van der Waals surface area (Å²) in [6.07, 6.45) is 3.93. The van der Waals surface area contributed by atoms with Gasteiger partial charge in [-0.3, -0.25) is 0 Å². The van der Waals surface area contributed by atoms with Crippen molar-refractivity contribution in [3.8, 4) is 0 Å². The van der Waals surface area contributed by atoms with E-state index in [0.717, 1.165) is 17.5 Å². The average Bonchev–Trinajstić information content (AvgIpc) is 2.56. The SMILES string of the molecule is Clc1ccc2c(c1)C1NCCCC1C2. The highest BCUT2D eigenvalue weighted by atomic mass is 35.5. The van der Waals surface area contributed by atoms with Crippen LogP contribution in [0.25, 0.3) is 0 Å². The van der Waals surface area contributed by atoms with Gasteiger partial charge in [-0.2, -0.15) is 0 Å². The predicted molar refractivity (Wildman–Crippen MR) is 58.6 cm³/mol. The Labute approximate surface area is 89.5 Å². The highest BCUT2D eigenvalue weighted by Crippen LogP contribution is 2.41. The van der Waals surface area contributed by atoms with Crippen molar-refractivity contribution >= 4 is 11.6 Å². The largest absolute Gasteiger partial charge is 0.310 e. The minimum absolute atomic E-state index is 0.581. The molecule has 0 saturated carbocycles. The molecule has 1 aromatic carbocycles. The molecule has 2 unspecified atom stereocenters. The molecule has 1 nitrogen and oxygen atoms in total. The monoisotopic (exact) mass is 207 g/mol. The number of benzene rings is 1. The summed E-state index contributed by atoms with van der Waals surface area (Å²) in [5.41, 5.74) is 2.95. The molecule has 1 aliphatic heterocycles. The molecule has 1 saturated heterocycles. The summed E-state index contributed by atoms with van der Waals surface area (Å²) in [5.74, 6) is 0.817. The zero-order valence-corrected chi connectivity index (χ0v) is 8.85. The summed E-state index contributed by atoms with van der Waals surface area (Å²) in [5, 5.41) is 4.48. The first-order valence-corrected chi connectivity index (χ1v) is 5.74. The number of hydrogen-bond donors (Lipinski definition) is 1. The molecule has 1 fully saturated rings. The molecule has 14 heavy (non-hydrogen) atoms. The third-order valence-corrected chi connectivity index (χ3v) is 3.75. The summed E-state index contributed by atoms with van der Waals surface area (Å²) in [6, 6.07) is 6.92. The van der Waals surface area contributed by atoms with Gasteiger partial charge in [0.15, 0.2) is 0 Å². The second-order valence-corrected chi connectivity index (χ2v) is 4.82. The number of halogens is 1. The molecule has 1 aromatic rings. The van der Waals surface area contributed by atoms with E-state index in [4.69, 9.17) is 11.6 Å². The van der Waals surface area contributed by atoms with E-state index in [2.05, 4.69) is 17.4 Å². The van der Waals surface area contributed by atoms with Crippen LogP contribution in [0.4, 0.5) is 0 Å². The molecule has 1 heterocycles. The minimum atomic E-state index is 0.581. The van der Waals surface area contributed by atoms with E-state index >= 15 is 0 Å². The van der Waals surface area contributed by atoms with Gasteiger partial charge in [-0.25, -0.2) is 0 Å². The van der Waals surface area contributed by atoms with Gasteiger partial charge < -0.3 is 5.32 Å². The minimum Gasteiger partial charge on any atom is -0.310 e. The van der Waals surface area contributed by atoms with E-state index in [0.29, 0.717) is 6.04 Å². The normalized spacial score (nSPS) is 29.8. The van der Waals surface area contributed by atoms with Crippen molar-refractivity contribution in [2.24, 2.45) is 5.92 Å². The van der Waals surface area contributed by atoms with Crippen LogP contribution >= 0.6 is 11.6 Å². The Kier molecular flexibility index (Phi) is 2.03. The fourth-order valence-corrected chi connectivity index (χ4v) is 3.04. The molecule has 0 radical (unpaired) electrons. The van der Waals surface area contributed by atoms with Gasteiger partial charge in [-0.15, -0.1) is 0 Å². The molecule has 1 N–H and O–H groups in total. The van der Waals surface area contributed by atoms with Crippen LogP contribution in [0.15, 0.2) is 18.2 Å². The predicted octanol–water partition coefficient (Wildman–Crippen LogP) is 2.94. The fraction of sp³-hybridized carbons (Fsp3) is 0.500. The van der Waals surface area contributed by atoms with Gasteiger partial charge in [0.1, 0.15) is 0 Å². The van der Waals surface area contributed by atoms with Crippen LogP contribution in [0.3, 0.4) is 0 Å². The second kappa shape index (κ2) is 3.25. The number of nitrogens with one attached hydrogen (secondary N) is 1. The van der Waals surface area contributed by atoms with Crippen molar-refractivity contribution in [1.82, 2.24) is 5.32 Å². The zero-order valence-electron chi connectivity index (χ0n) is 8.09.